The first-order valence-electron chi connectivity index (χ1n) is 5.41. The van der Waals surface area contributed by atoms with Gasteiger partial charge in [0.1, 0.15) is 6.61 Å². The largest absolute Gasteiger partial charge is 0.372 e. The summed E-state index contributed by atoms with van der Waals surface area (Å²) in [5.74, 6) is 1.20. The molecule has 1 aromatic rings. The highest BCUT2D eigenvalue weighted by molar-refractivity contribution is 4.88. The highest BCUT2D eigenvalue weighted by atomic mass is 16.5. The van der Waals surface area contributed by atoms with Gasteiger partial charge in [-0.3, -0.25) is 0 Å². The molecule has 86 valence electrons. The predicted octanol–water partition coefficient (Wildman–Crippen LogP) is 1.28. The molecule has 0 aliphatic rings. The van der Waals surface area contributed by atoms with Gasteiger partial charge in [0.25, 0.3) is 5.89 Å². The van der Waals surface area contributed by atoms with E-state index in [9.17, 15) is 0 Å². The summed E-state index contributed by atoms with van der Waals surface area (Å²) >= 11 is 0. The van der Waals surface area contributed by atoms with Crippen LogP contribution in [0.15, 0.2) is 4.52 Å². The van der Waals surface area contributed by atoms with Crippen LogP contribution in [0.5, 0.6) is 0 Å². The summed E-state index contributed by atoms with van der Waals surface area (Å²) < 4.78 is 10.3. The van der Waals surface area contributed by atoms with Crippen molar-refractivity contribution in [3.63, 3.8) is 0 Å². The molecule has 0 bridgehead atoms. The van der Waals surface area contributed by atoms with Crippen molar-refractivity contribution >= 4 is 0 Å². The zero-order valence-electron chi connectivity index (χ0n) is 9.40. The van der Waals surface area contributed by atoms with E-state index in [4.69, 9.17) is 15.0 Å². The Balaban J connectivity index is 2.35. The van der Waals surface area contributed by atoms with Crippen LogP contribution in [0.4, 0.5) is 0 Å². The smallest absolute Gasteiger partial charge is 0.252 e. The fraction of sp³-hybridized carbons (Fsp3) is 0.800. The van der Waals surface area contributed by atoms with Gasteiger partial charge >= 0.3 is 0 Å². The molecule has 2 N–H and O–H groups in total. The van der Waals surface area contributed by atoms with E-state index >= 15 is 0 Å². The molecule has 1 aromatic heterocycles. The Morgan fingerprint density at radius 2 is 2.27 bits per heavy atom. The molecule has 0 radical (unpaired) electrons. The maximum absolute atomic E-state index is 5.78. The first kappa shape index (κ1) is 12.1. The second-order valence-electron chi connectivity index (χ2n) is 3.53. The average molecular weight is 213 g/mol. The van der Waals surface area contributed by atoms with Gasteiger partial charge < -0.3 is 15.0 Å². The lowest BCUT2D eigenvalue weighted by molar-refractivity contribution is 0.0981. The van der Waals surface area contributed by atoms with Crippen molar-refractivity contribution in [2.45, 2.75) is 45.8 Å². The molecular formula is C10H19N3O2. The third-order valence-corrected chi connectivity index (χ3v) is 2.05. The van der Waals surface area contributed by atoms with E-state index in [1.165, 1.54) is 0 Å². The van der Waals surface area contributed by atoms with E-state index in [-0.39, 0.29) is 6.04 Å². The number of nitrogens with two attached hydrogens (primary N) is 1. The van der Waals surface area contributed by atoms with Gasteiger partial charge in [-0.25, -0.2) is 0 Å². The number of rotatable bonds is 7. The summed E-state index contributed by atoms with van der Waals surface area (Å²) in [6.07, 6.45) is 2.56. The van der Waals surface area contributed by atoms with Crippen LogP contribution >= 0.6 is 0 Å². The number of ether oxygens (including phenoxy) is 1. The van der Waals surface area contributed by atoms with E-state index in [1.54, 1.807) is 0 Å². The lowest BCUT2D eigenvalue weighted by Crippen LogP contribution is -2.22. The molecule has 1 rings (SSSR count). The summed E-state index contributed by atoms with van der Waals surface area (Å²) in [7, 11) is 0. The van der Waals surface area contributed by atoms with Crippen molar-refractivity contribution in [3.05, 3.63) is 11.7 Å². The lowest BCUT2D eigenvalue weighted by atomic mass is 10.2. The minimum Gasteiger partial charge on any atom is -0.372 e. The normalized spacial score (nSPS) is 13.0. The van der Waals surface area contributed by atoms with Gasteiger partial charge in [-0.15, -0.1) is 0 Å². The second-order valence-corrected chi connectivity index (χ2v) is 3.53. The summed E-state index contributed by atoms with van der Waals surface area (Å²) in [5, 5.41) is 3.84. The molecular weight excluding hydrogens is 194 g/mol. The highest BCUT2D eigenvalue weighted by Gasteiger charge is 2.09. The molecule has 0 aliphatic carbocycles. The van der Waals surface area contributed by atoms with E-state index in [1.807, 2.05) is 6.92 Å². The Bertz CT molecular complexity index is 275. The highest BCUT2D eigenvalue weighted by Crippen LogP contribution is 2.03. The maximum Gasteiger partial charge on any atom is 0.252 e. The van der Waals surface area contributed by atoms with E-state index in [2.05, 4.69) is 17.1 Å². The Hall–Kier alpha value is -0.940. The second kappa shape index (κ2) is 6.53. The van der Waals surface area contributed by atoms with Crippen molar-refractivity contribution < 1.29 is 9.26 Å². The van der Waals surface area contributed by atoms with Crippen molar-refractivity contribution in [2.75, 3.05) is 6.61 Å². The Morgan fingerprint density at radius 3 is 2.93 bits per heavy atom. The predicted molar refractivity (Wildman–Crippen MR) is 56.2 cm³/mol. The average Bonchev–Trinajstić information content (AvgIpc) is 2.66. The standard InChI is InChI=1S/C10H19N3O2/c1-3-5-14-7-10-12-9(13-15-10)6-8(11)4-2/h8H,3-7,11H2,1-2H3. The molecule has 5 nitrogen and oxygen atoms in total. The summed E-state index contributed by atoms with van der Waals surface area (Å²) in [6.45, 7) is 5.20. The minimum atomic E-state index is 0.104. The summed E-state index contributed by atoms with van der Waals surface area (Å²) in [4.78, 5) is 4.19. The van der Waals surface area contributed by atoms with Crippen molar-refractivity contribution in [2.24, 2.45) is 5.73 Å². The van der Waals surface area contributed by atoms with Crippen molar-refractivity contribution in [1.82, 2.24) is 10.1 Å². The van der Waals surface area contributed by atoms with Gasteiger partial charge in [0.15, 0.2) is 5.82 Å². The van der Waals surface area contributed by atoms with Crippen LogP contribution in [-0.4, -0.2) is 22.8 Å². The number of nitrogens with zero attached hydrogens (tertiary/aromatic N) is 2. The molecule has 5 heteroatoms. The molecule has 1 unspecified atom stereocenters. The summed E-state index contributed by atoms with van der Waals surface area (Å²) in [5.41, 5.74) is 5.78. The summed E-state index contributed by atoms with van der Waals surface area (Å²) in [6, 6.07) is 0.104. The zero-order chi connectivity index (χ0) is 11.1. The minimum absolute atomic E-state index is 0.104. The Kier molecular flexibility index (Phi) is 5.28. The number of hydrogen-bond acceptors (Lipinski definition) is 5. The molecule has 15 heavy (non-hydrogen) atoms. The van der Waals surface area contributed by atoms with Crippen LogP contribution < -0.4 is 5.73 Å². The molecule has 1 heterocycles. The van der Waals surface area contributed by atoms with Gasteiger partial charge in [-0.05, 0) is 12.8 Å². The molecule has 0 saturated carbocycles. The van der Waals surface area contributed by atoms with Crippen molar-refractivity contribution in [1.29, 1.82) is 0 Å². The van der Waals surface area contributed by atoms with E-state index in [0.29, 0.717) is 31.3 Å². The third-order valence-electron chi connectivity index (χ3n) is 2.05. The van der Waals surface area contributed by atoms with E-state index < -0.39 is 0 Å². The Morgan fingerprint density at radius 1 is 1.47 bits per heavy atom. The van der Waals surface area contributed by atoms with Crippen LogP contribution in [0.2, 0.25) is 0 Å². The molecule has 0 aliphatic heterocycles. The van der Waals surface area contributed by atoms with Crippen LogP contribution in [0.25, 0.3) is 0 Å². The fourth-order valence-electron chi connectivity index (χ4n) is 1.11. The maximum atomic E-state index is 5.78. The SMILES string of the molecule is CCCOCc1nc(CC(N)CC)no1. The third kappa shape index (κ3) is 4.40. The number of aromatic nitrogens is 2. The molecule has 0 fully saturated rings. The molecule has 0 amide bonds. The first-order valence-corrected chi connectivity index (χ1v) is 5.41. The Labute approximate surface area is 90.0 Å². The molecule has 0 spiro atoms. The molecule has 0 aromatic carbocycles. The van der Waals surface area contributed by atoms with Gasteiger partial charge in [-0.1, -0.05) is 19.0 Å². The monoisotopic (exact) mass is 213 g/mol. The van der Waals surface area contributed by atoms with Crippen LogP contribution in [0, 0.1) is 0 Å². The quantitative estimate of drug-likeness (QED) is 0.690. The first-order chi connectivity index (χ1) is 7.26. The lowest BCUT2D eigenvalue weighted by Gasteiger charge is -2.02. The molecule has 1 atom stereocenters. The van der Waals surface area contributed by atoms with Gasteiger partial charge in [-0.2, -0.15) is 4.98 Å². The van der Waals surface area contributed by atoms with Gasteiger partial charge in [0.2, 0.25) is 0 Å². The van der Waals surface area contributed by atoms with Gasteiger partial charge in [0.05, 0.1) is 0 Å². The van der Waals surface area contributed by atoms with Crippen LogP contribution in [-0.2, 0) is 17.8 Å². The van der Waals surface area contributed by atoms with Crippen LogP contribution in [0.3, 0.4) is 0 Å². The fourth-order valence-corrected chi connectivity index (χ4v) is 1.11. The number of hydrogen-bond donors (Lipinski definition) is 1. The van der Waals surface area contributed by atoms with Crippen molar-refractivity contribution in [3.8, 4) is 0 Å². The van der Waals surface area contributed by atoms with Gasteiger partial charge in [0, 0.05) is 19.1 Å². The topological polar surface area (TPSA) is 74.2 Å². The molecule has 0 saturated heterocycles. The van der Waals surface area contributed by atoms with Crippen LogP contribution in [0.1, 0.15) is 38.4 Å². The van der Waals surface area contributed by atoms with E-state index in [0.717, 1.165) is 12.8 Å². The zero-order valence-corrected chi connectivity index (χ0v) is 9.40.